The average Bonchev–Trinajstić information content (AvgIpc) is 3.66. The van der Waals surface area contributed by atoms with Crippen molar-refractivity contribution in [2.45, 2.75) is 0 Å². The maximum Gasteiger partial charge on any atom is 0.137 e. The van der Waals surface area contributed by atoms with E-state index in [1.54, 1.807) is 0 Å². The van der Waals surface area contributed by atoms with Crippen LogP contribution in [0.5, 0.6) is 0 Å². The number of nitrogens with zero attached hydrogens (tertiary/aromatic N) is 1. The zero-order valence-corrected chi connectivity index (χ0v) is 30.6. The van der Waals surface area contributed by atoms with Crippen molar-refractivity contribution in [2.75, 3.05) is 4.90 Å². The summed E-state index contributed by atoms with van der Waals surface area (Å²) in [5, 5.41) is 9.81. The molecule has 0 fully saturated rings. The van der Waals surface area contributed by atoms with Crippen LogP contribution in [0.25, 0.3) is 87.6 Å². The smallest absolute Gasteiger partial charge is 0.137 e. The molecule has 2 nitrogen and oxygen atoms in total. The van der Waals surface area contributed by atoms with Crippen molar-refractivity contribution >= 4 is 71.3 Å². The standard InChI is InChI=1S/C54H35NO/c1-3-12-46-39(9-1)11-7-15-48(46)41-27-32-45(33-28-41)55(51-16-8-18-53-54(51)50-14-5-6-17-52(50)56-53)44-30-25-37(26-31-44)36-19-21-38(22-20-36)42-29-34-49-43(35-42)24-23-40-10-2-4-13-47(40)49/h1-35H. The molecule has 1 aromatic heterocycles. The number of hydrogen-bond donors (Lipinski definition) is 0. The Labute approximate surface area is 325 Å². The van der Waals surface area contributed by atoms with Crippen molar-refractivity contribution in [3.05, 3.63) is 212 Å². The van der Waals surface area contributed by atoms with E-state index >= 15 is 0 Å². The molecule has 0 amide bonds. The molecule has 0 bridgehead atoms. The van der Waals surface area contributed by atoms with Crippen LogP contribution >= 0.6 is 0 Å². The highest BCUT2D eigenvalue weighted by Gasteiger charge is 2.20. The maximum absolute atomic E-state index is 6.36. The van der Waals surface area contributed by atoms with Gasteiger partial charge < -0.3 is 9.32 Å². The first-order valence-corrected chi connectivity index (χ1v) is 19.2. The van der Waals surface area contributed by atoms with Gasteiger partial charge in [0.05, 0.1) is 11.1 Å². The third-order valence-corrected chi connectivity index (χ3v) is 11.3. The van der Waals surface area contributed by atoms with Gasteiger partial charge in [-0.2, -0.15) is 0 Å². The molecule has 262 valence electrons. The number of para-hydroxylation sites is 1. The number of anilines is 3. The third kappa shape index (κ3) is 5.42. The van der Waals surface area contributed by atoms with Crippen LogP contribution in [-0.4, -0.2) is 0 Å². The predicted molar refractivity (Wildman–Crippen MR) is 237 cm³/mol. The van der Waals surface area contributed by atoms with Gasteiger partial charge in [0.2, 0.25) is 0 Å². The van der Waals surface area contributed by atoms with Gasteiger partial charge in [-0.15, -0.1) is 0 Å². The molecular formula is C54H35NO. The summed E-state index contributed by atoms with van der Waals surface area (Å²) in [5.41, 5.74) is 12.2. The van der Waals surface area contributed by atoms with Gasteiger partial charge in [-0.3, -0.25) is 0 Å². The topological polar surface area (TPSA) is 16.4 Å². The summed E-state index contributed by atoms with van der Waals surface area (Å²) in [6, 6.07) is 76.5. The lowest BCUT2D eigenvalue weighted by Crippen LogP contribution is -2.10. The van der Waals surface area contributed by atoms with E-state index in [0.29, 0.717) is 0 Å². The molecule has 0 saturated carbocycles. The summed E-state index contributed by atoms with van der Waals surface area (Å²) in [6.45, 7) is 0. The molecule has 0 aliphatic carbocycles. The highest BCUT2D eigenvalue weighted by molar-refractivity contribution is 6.13. The van der Waals surface area contributed by atoms with Crippen LogP contribution in [0.2, 0.25) is 0 Å². The lowest BCUT2D eigenvalue weighted by Gasteiger charge is -2.26. The minimum absolute atomic E-state index is 0.873. The van der Waals surface area contributed by atoms with Crippen molar-refractivity contribution in [3.8, 4) is 33.4 Å². The van der Waals surface area contributed by atoms with E-state index in [1.165, 1.54) is 65.7 Å². The van der Waals surface area contributed by atoms with E-state index in [1.807, 2.05) is 12.1 Å². The Morgan fingerprint density at radius 3 is 1.55 bits per heavy atom. The van der Waals surface area contributed by atoms with E-state index < -0.39 is 0 Å². The van der Waals surface area contributed by atoms with Gasteiger partial charge in [-0.1, -0.05) is 164 Å². The zero-order chi connectivity index (χ0) is 37.0. The van der Waals surface area contributed by atoms with Gasteiger partial charge >= 0.3 is 0 Å². The number of benzene rings is 10. The Bertz CT molecular complexity index is 3220. The summed E-state index contributed by atoms with van der Waals surface area (Å²) in [6.07, 6.45) is 0. The Balaban J connectivity index is 0.963. The zero-order valence-electron chi connectivity index (χ0n) is 30.6. The summed E-state index contributed by atoms with van der Waals surface area (Å²) in [5.74, 6) is 0. The first kappa shape index (κ1) is 32.0. The number of rotatable bonds is 6. The van der Waals surface area contributed by atoms with Gasteiger partial charge in [-0.05, 0) is 114 Å². The lowest BCUT2D eigenvalue weighted by atomic mass is 9.96. The second-order valence-electron chi connectivity index (χ2n) is 14.5. The van der Waals surface area contributed by atoms with Crippen LogP contribution in [0.1, 0.15) is 0 Å². The maximum atomic E-state index is 6.36. The largest absolute Gasteiger partial charge is 0.456 e. The van der Waals surface area contributed by atoms with Gasteiger partial charge in [0.15, 0.2) is 0 Å². The lowest BCUT2D eigenvalue weighted by molar-refractivity contribution is 0.669. The predicted octanol–water partition coefficient (Wildman–Crippen LogP) is 15.5. The number of hydrogen-bond acceptors (Lipinski definition) is 2. The fourth-order valence-electron chi connectivity index (χ4n) is 8.49. The molecule has 0 aliphatic rings. The molecule has 0 radical (unpaired) electrons. The first-order valence-electron chi connectivity index (χ1n) is 19.2. The quantitative estimate of drug-likeness (QED) is 0.160. The van der Waals surface area contributed by atoms with Crippen molar-refractivity contribution in [1.82, 2.24) is 0 Å². The molecule has 0 unspecified atom stereocenters. The van der Waals surface area contributed by atoms with E-state index in [4.69, 9.17) is 4.42 Å². The van der Waals surface area contributed by atoms with Crippen LogP contribution < -0.4 is 4.90 Å². The molecule has 11 aromatic rings. The molecule has 11 rings (SSSR count). The Hall–Kier alpha value is -7.42. The van der Waals surface area contributed by atoms with Crippen molar-refractivity contribution in [2.24, 2.45) is 0 Å². The van der Waals surface area contributed by atoms with Crippen LogP contribution in [0, 0.1) is 0 Å². The first-order chi connectivity index (χ1) is 27.7. The fourth-order valence-corrected chi connectivity index (χ4v) is 8.49. The second-order valence-corrected chi connectivity index (χ2v) is 14.5. The number of fused-ring (bicyclic) bond motifs is 7. The molecule has 0 N–H and O–H groups in total. The van der Waals surface area contributed by atoms with Crippen molar-refractivity contribution in [3.63, 3.8) is 0 Å². The van der Waals surface area contributed by atoms with Crippen molar-refractivity contribution in [1.29, 1.82) is 0 Å². The van der Waals surface area contributed by atoms with Crippen molar-refractivity contribution < 1.29 is 4.42 Å². The van der Waals surface area contributed by atoms with Gasteiger partial charge in [0.1, 0.15) is 11.2 Å². The fraction of sp³-hybridized carbons (Fsp3) is 0. The van der Waals surface area contributed by atoms with Gasteiger partial charge in [0.25, 0.3) is 0 Å². The highest BCUT2D eigenvalue weighted by Crippen LogP contribution is 2.44. The van der Waals surface area contributed by atoms with Crippen LogP contribution in [0.3, 0.4) is 0 Å². The minimum Gasteiger partial charge on any atom is -0.456 e. The minimum atomic E-state index is 0.873. The Morgan fingerprint density at radius 2 is 0.804 bits per heavy atom. The monoisotopic (exact) mass is 713 g/mol. The van der Waals surface area contributed by atoms with E-state index in [-0.39, 0.29) is 0 Å². The van der Waals surface area contributed by atoms with Crippen LogP contribution in [0.15, 0.2) is 217 Å². The molecule has 0 atom stereocenters. The molecule has 0 aliphatic heterocycles. The molecule has 10 aromatic carbocycles. The normalized spacial score (nSPS) is 11.6. The molecule has 0 saturated heterocycles. The third-order valence-electron chi connectivity index (χ3n) is 11.3. The summed E-state index contributed by atoms with van der Waals surface area (Å²) in [7, 11) is 0. The van der Waals surface area contributed by atoms with E-state index in [9.17, 15) is 0 Å². The molecule has 56 heavy (non-hydrogen) atoms. The highest BCUT2D eigenvalue weighted by atomic mass is 16.3. The van der Waals surface area contributed by atoms with Gasteiger partial charge in [0, 0.05) is 16.8 Å². The van der Waals surface area contributed by atoms with Crippen LogP contribution in [0.4, 0.5) is 17.1 Å². The molecule has 2 heteroatoms. The van der Waals surface area contributed by atoms with Gasteiger partial charge in [-0.25, -0.2) is 0 Å². The SMILES string of the molecule is c1ccc2c(-c3ccc(N(c4ccc(-c5ccc(-c6ccc7c(ccc8ccccc87)c6)cc5)cc4)c4cccc5oc6ccccc6c45)cc3)cccc2c1. The summed E-state index contributed by atoms with van der Waals surface area (Å²) >= 11 is 0. The summed E-state index contributed by atoms with van der Waals surface area (Å²) < 4.78 is 6.36. The molecule has 0 spiro atoms. The molecular weight excluding hydrogens is 679 g/mol. The summed E-state index contributed by atoms with van der Waals surface area (Å²) in [4.78, 5) is 2.35. The second kappa shape index (κ2) is 13.2. The van der Waals surface area contributed by atoms with Crippen LogP contribution in [-0.2, 0) is 0 Å². The van der Waals surface area contributed by atoms with E-state index in [0.717, 1.165) is 39.0 Å². The Kier molecular flexibility index (Phi) is 7.53. The molecule has 1 heterocycles. The average molecular weight is 714 g/mol. The van der Waals surface area contributed by atoms with E-state index in [2.05, 4.69) is 205 Å². The Morgan fingerprint density at radius 1 is 0.304 bits per heavy atom. The number of furan rings is 1.